The minimum Gasteiger partial charge on any atom is -0.384 e. The summed E-state index contributed by atoms with van der Waals surface area (Å²) in [6, 6.07) is 14.6. The van der Waals surface area contributed by atoms with Crippen molar-refractivity contribution in [2.24, 2.45) is 0 Å². The minimum atomic E-state index is -0.614. The van der Waals surface area contributed by atoms with Gasteiger partial charge in [-0.15, -0.1) is 11.3 Å². The fraction of sp³-hybridized carbons (Fsp3) is 0.0833. The summed E-state index contributed by atoms with van der Waals surface area (Å²) in [5.41, 5.74) is 11.3. The Morgan fingerprint density at radius 2 is 1.75 bits per heavy atom. The summed E-state index contributed by atoms with van der Waals surface area (Å²) in [7, 11) is 0. The molecule has 0 aliphatic carbocycles. The van der Waals surface area contributed by atoms with Crippen molar-refractivity contribution in [1.29, 1.82) is 0 Å². The number of hydrogen-bond donors (Lipinski definition) is 2. The van der Waals surface area contributed by atoms with Gasteiger partial charge in [0.05, 0.1) is 22.5 Å². The molecule has 158 valence electrons. The number of amides is 2. The predicted molar refractivity (Wildman–Crippen MR) is 124 cm³/mol. The number of rotatable bonds is 3. The van der Waals surface area contributed by atoms with Crippen molar-refractivity contribution in [3.63, 3.8) is 0 Å². The molecule has 0 unspecified atom stereocenters. The molecule has 0 atom stereocenters. The van der Waals surface area contributed by atoms with E-state index in [4.69, 9.17) is 10.7 Å². The predicted octanol–water partition coefficient (Wildman–Crippen LogP) is 3.71. The first-order chi connectivity index (χ1) is 15.3. The number of aryl methyl sites for hydroxylation is 2. The zero-order valence-electron chi connectivity index (χ0n) is 17.3. The number of nitrogens with two attached hydrogens (primary N) is 1. The molecule has 8 heteroatoms. The van der Waals surface area contributed by atoms with Gasteiger partial charge in [-0.1, -0.05) is 24.3 Å². The van der Waals surface area contributed by atoms with E-state index in [2.05, 4.69) is 37.4 Å². The van der Waals surface area contributed by atoms with E-state index in [1.807, 2.05) is 11.4 Å². The van der Waals surface area contributed by atoms with Gasteiger partial charge in [0.15, 0.2) is 0 Å². The normalized spacial score (nSPS) is 12.7. The minimum absolute atomic E-state index is 0.00265. The van der Waals surface area contributed by atoms with Crippen LogP contribution in [0, 0.1) is 13.8 Å². The summed E-state index contributed by atoms with van der Waals surface area (Å²) in [4.78, 5) is 41.5. The summed E-state index contributed by atoms with van der Waals surface area (Å²) in [5, 5.41) is 4.96. The topological polar surface area (TPSA) is 107 Å². The Morgan fingerprint density at radius 1 is 0.938 bits per heavy atom. The number of thiazole rings is 1. The maximum Gasteiger partial charge on any atom is 0.262 e. The number of hydrogen-bond acceptors (Lipinski definition) is 6. The lowest BCUT2D eigenvalue weighted by Gasteiger charge is -2.12. The number of nitrogens with one attached hydrogen (secondary N) is 1. The molecular weight excluding hydrogens is 424 g/mol. The summed E-state index contributed by atoms with van der Waals surface area (Å²) in [6.45, 7) is 4.14. The lowest BCUT2D eigenvalue weighted by atomic mass is 10.1. The van der Waals surface area contributed by atoms with Gasteiger partial charge in [0.2, 0.25) is 0 Å². The molecular formula is C24H18N4O3S. The smallest absolute Gasteiger partial charge is 0.262 e. The molecule has 2 aromatic heterocycles. The lowest BCUT2D eigenvalue weighted by Crippen LogP contribution is -2.24. The second-order valence-electron chi connectivity index (χ2n) is 7.66. The molecule has 4 aromatic rings. The number of imide groups is 1. The Hall–Kier alpha value is -4.04. The van der Waals surface area contributed by atoms with Crippen LogP contribution in [0.2, 0.25) is 0 Å². The van der Waals surface area contributed by atoms with Crippen molar-refractivity contribution in [3.05, 3.63) is 86.5 Å². The van der Waals surface area contributed by atoms with Crippen molar-refractivity contribution < 1.29 is 9.59 Å². The quantitative estimate of drug-likeness (QED) is 0.471. The van der Waals surface area contributed by atoms with Crippen LogP contribution >= 0.6 is 11.3 Å². The molecule has 0 bridgehead atoms. The van der Waals surface area contributed by atoms with Gasteiger partial charge >= 0.3 is 0 Å². The van der Waals surface area contributed by atoms with E-state index < -0.39 is 17.4 Å². The van der Waals surface area contributed by atoms with E-state index in [0.29, 0.717) is 5.69 Å². The third kappa shape index (κ3) is 3.12. The number of aromatic nitrogens is 2. The number of carbonyl (C=O) groups excluding carboxylic acids is 2. The van der Waals surface area contributed by atoms with E-state index in [9.17, 15) is 14.4 Å². The van der Waals surface area contributed by atoms with Gasteiger partial charge in [-0.2, -0.15) is 0 Å². The van der Waals surface area contributed by atoms with E-state index in [1.165, 1.54) is 27.0 Å². The number of carbonyl (C=O) groups is 2. The van der Waals surface area contributed by atoms with Crippen LogP contribution in [0.15, 0.2) is 58.7 Å². The molecule has 0 spiro atoms. The van der Waals surface area contributed by atoms with Gasteiger partial charge in [0.25, 0.3) is 17.4 Å². The largest absolute Gasteiger partial charge is 0.384 e. The molecule has 3 N–H and O–H groups in total. The fourth-order valence-corrected chi connectivity index (χ4v) is 4.59. The van der Waals surface area contributed by atoms with Crippen LogP contribution in [-0.2, 0) is 0 Å². The van der Waals surface area contributed by atoms with Crippen molar-refractivity contribution in [2.45, 2.75) is 13.8 Å². The van der Waals surface area contributed by atoms with Crippen LogP contribution in [0.3, 0.4) is 0 Å². The summed E-state index contributed by atoms with van der Waals surface area (Å²) in [5.74, 6) is -1.29. The average Bonchev–Trinajstić information content (AvgIpc) is 3.35. The Balaban J connectivity index is 1.57. The Morgan fingerprint density at radius 3 is 2.53 bits per heavy atom. The monoisotopic (exact) mass is 442 g/mol. The van der Waals surface area contributed by atoms with Crippen molar-refractivity contribution in [3.8, 4) is 27.5 Å². The summed E-state index contributed by atoms with van der Waals surface area (Å²) >= 11 is 1.50. The zero-order valence-corrected chi connectivity index (χ0v) is 18.1. The van der Waals surface area contributed by atoms with E-state index in [0.717, 1.165) is 27.9 Å². The number of fused-ring (bicyclic) bond motifs is 1. The van der Waals surface area contributed by atoms with Crippen LogP contribution < -0.4 is 16.6 Å². The van der Waals surface area contributed by atoms with Crippen LogP contribution in [0.4, 0.5) is 5.82 Å². The Kier molecular flexibility index (Phi) is 4.53. The van der Waals surface area contributed by atoms with E-state index in [1.54, 1.807) is 18.2 Å². The maximum atomic E-state index is 12.7. The molecule has 0 radical (unpaired) electrons. The number of anilines is 1. The second kappa shape index (κ2) is 7.28. The lowest BCUT2D eigenvalue weighted by molar-refractivity contribution is 0.0880. The molecule has 2 amide bonds. The van der Waals surface area contributed by atoms with Gasteiger partial charge < -0.3 is 5.73 Å². The average molecular weight is 443 g/mol. The van der Waals surface area contributed by atoms with Crippen LogP contribution in [0.1, 0.15) is 31.8 Å². The third-order valence-corrected chi connectivity index (χ3v) is 6.50. The first-order valence-corrected chi connectivity index (χ1v) is 10.8. The first kappa shape index (κ1) is 19.9. The zero-order chi connectivity index (χ0) is 22.6. The van der Waals surface area contributed by atoms with Gasteiger partial charge in [0.1, 0.15) is 10.8 Å². The van der Waals surface area contributed by atoms with Crippen molar-refractivity contribution >= 4 is 29.0 Å². The molecule has 2 aromatic carbocycles. The highest BCUT2D eigenvalue weighted by Gasteiger charge is 2.31. The molecule has 1 aliphatic heterocycles. The molecule has 3 heterocycles. The molecule has 1 aliphatic rings. The molecule has 0 fully saturated rings. The van der Waals surface area contributed by atoms with Crippen LogP contribution in [0.25, 0.3) is 27.5 Å². The Bertz CT molecular complexity index is 1500. The van der Waals surface area contributed by atoms with Gasteiger partial charge in [-0.25, -0.2) is 4.98 Å². The summed E-state index contributed by atoms with van der Waals surface area (Å²) < 4.78 is 1.23. The SMILES string of the molecule is Cc1ccc(-c2csc(-c3cccc(-n4c(N)c5c(cc4=O)C(=O)NC5=O)c3)n2)cc1C. The number of pyridine rings is 1. The highest BCUT2D eigenvalue weighted by atomic mass is 32.1. The number of nitrogens with zero attached hydrogens (tertiary/aromatic N) is 2. The van der Waals surface area contributed by atoms with E-state index in [-0.39, 0.29) is 16.9 Å². The van der Waals surface area contributed by atoms with Crippen LogP contribution in [0.5, 0.6) is 0 Å². The summed E-state index contributed by atoms with van der Waals surface area (Å²) in [6.07, 6.45) is 0. The van der Waals surface area contributed by atoms with Gasteiger partial charge in [-0.05, 0) is 43.2 Å². The highest BCUT2D eigenvalue weighted by molar-refractivity contribution is 7.13. The van der Waals surface area contributed by atoms with Gasteiger partial charge in [-0.3, -0.25) is 24.3 Å². The standard InChI is InChI=1S/C24H18N4O3S/c1-12-6-7-14(8-13(12)2)18-11-32-24(26-18)15-4-3-5-16(9-15)28-19(29)10-17-20(21(28)25)23(31)27-22(17)30/h3-11H,25H2,1-2H3,(H,27,30,31). The molecule has 7 nitrogen and oxygen atoms in total. The molecule has 0 saturated heterocycles. The number of nitrogen functional groups attached to an aromatic ring is 1. The molecule has 0 saturated carbocycles. The second-order valence-corrected chi connectivity index (χ2v) is 8.52. The van der Waals surface area contributed by atoms with Crippen molar-refractivity contribution in [2.75, 3.05) is 5.73 Å². The molecule has 5 rings (SSSR count). The molecule has 32 heavy (non-hydrogen) atoms. The highest BCUT2D eigenvalue weighted by Crippen LogP contribution is 2.31. The third-order valence-electron chi connectivity index (χ3n) is 5.61. The van der Waals surface area contributed by atoms with Crippen LogP contribution in [-0.4, -0.2) is 21.4 Å². The van der Waals surface area contributed by atoms with Gasteiger partial charge in [0, 0.05) is 22.6 Å². The van der Waals surface area contributed by atoms with E-state index >= 15 is 0 Å². The fourth-order valence-electron chi connectivity index (χ4n) is 3.76. The van der Waals surface area contributed by atoms with Crippen molar-refractivity contribution in [1.82, 2.24) is 14.9 Å². The first-order valence-electron chi connectivity index (χ1n) is 9.88. The maximum absolute atomic E-state index is 12.7. The Labute approximate surface area is 187 Å². The number of benzene rings is 2.